The number of rotatable bonds is 0. The third-order valence-corrected chi connectivity index (χ3v) is 4.57. The van der Waals surface area contributed by atoms with Crippen LogP contribution in [0.5, 0.6) is 0 Å². The van der Waals surface area contributed by atoms with Crippen molar-refractivity contribution >= 4 is 59.7 Å². The summed E-state index contributed by atoms with van der Waals surface area (Å²) in [5.41, 5.74) is 1.33. The fourth-order valence-electron chi connectivity index (χ4n) is 2.66. The number of carbonyl (C=O) groups is 10. The molecular weight excluding hydrogens is 552 g/mol. The van der Waals surface area contributed by atoms with Crippen molar-refractivity contribution < 1.29 is 71.6 Å². The van der Waals surface area contributed by atoms with Crippen molar-refractivity contribution in [2.45, 2.75) is 26.2 Å². The third kappa shape index (κ3) is 10.1. The smallest absolute Gasteiger partial charge is 0.346 e. The highest BCUT2D eigenvalue weighted by molar-refractivity contribution is 6.14. The quantitative estimate of drug-likeness (QED) is 0.180. The number of hydrogen-bond donors (Lipinski definition) is 0. The summed E-state index contributed by atoms with van der Waals surface area (Å²) in [5, 5.41) is 0. The van der Waals surface area contributed by atoms with Crippen LogP contribution in [0, 0.1) is 0 Å². The molecule has 0 aromatic heterocycles. The molecule has 0 amide bonds. The van der Waals surface area contributed by atoms with Crippen molar-refractivity contribution in [3.63, 3.8) is 0 Å². The Morgan fingerprint density at radius 1 is 0.561 bits per heavy atom. The fraction of sp³-hybridized carbons (Fsp3) is 0.154. The van der Waals surface area contributed by atoms with Crippen LogP contribution < -0.4 is 0 Å². The number of esters is 10. The molecule has 41 heavy (non-hydrogen) atoms. The molecule has 0 spiro atoms. The Hall–Kier alpha value is -5.86. The van der Waals surface area contributed by atoms with E-state index in [1.54, 1.807) is 24.3 Å². The zero-order chi connectivity index (χ0) is 30.7. The monoisotopic (exact) mass is 570 g/mol. The molecule has 0 bridgehead atoms. The topological polar surface area (TPSA) is 217 Å². The Morgan fingerprint density at radius 3 is 1.29 bits per heavy atom. The molecule has 0 unspecified atom stereocenters. The van der Waals surface area contributed by atoms with Crippen LogP contribution in [0.15, 0.2) is 60.2 Å². The van der Waals surface area contributed by atoms with Crippen molar-refractivity contribution in [3.8, 4) is 0 Å². The van der Waals surface area contributed by atoms with Crippen molar-refractivity contribution in [3.05, 3.63) is 71.3 Å². The molecule has 212 valence electrons. The minimum absolute atomic E-state index is 0.0544. The van der Waals surface area contributed by atoms with Gasteiger partial charge in [0.05, 0.1) is 30.4 Å². The molecule has 1 aromatic carbocycles. The van der Waals surface area contributed by atoms with E-state index in [2.05, 4.69) is 30.3 Å². The molecule has 0 saturated carbocycles. The van der Waals surface area contributed by atoms with Crippen LogP contribution in [-0.4, -0.2) is 59.7 Å². The van der Waals surface area contributed by atoms with Crippen LogP contribution >= 0.6 is 0 Å². The molecule has 0 N–H and O–H groups in total. The maximum Gasteiger partial charge on any atom is 0.346 e. The van der Waals surface area contributed by atoms with E-state index in [4.69, 9.17) is 0 Å². The number of carbonyl (C=O) groups excluding carboxylic acids is 10. The minimum atomic E-state index is -0.588. The molecule has 15 nitrogen and oxygen atoms in total. The molecule has 15 heteroatoms. The van der Waals surface area contributed by atoms with Crippen LogP contribution in [0.1, 0.15) is 46.9 Å². The van der Waals surface area contributed by atoms with E-state index in [0.29, 0.717) is 16.7 Å². The average Bonchev–Trinajstić information content (AvgIpc) is 3.69. The zero-order valence-electron chi connectivity index (χ0n) is 21.0. The maximum absolute atomic E-state index is 10.8. The first-order chi connectivity index (χ1) is 19.3. The number of hydrogen-bond acceptors (Lipinski definition) is 15. The normalized spacial score (nSPS) is 17.7. The lowest BCUT2D eigenvalue weighted by atomic mass is 10.1. The molecule has 0 radical (unpaired) electrons. The van der Waals surface area contributed by atoms with E-state index in [-0.39, 0.29) is 24.8 Å². The highest BCUT2D eigenvalue weighted by Gasteiger charge is 2.28. The van der Waals surface area contributed by atoms with Gasteiger partial charge in [-0.1, -0.05) is 18.7 Å². The standard InChI is InChI=1S/C8H4O3.2C5H4O3.C4H4O3.C4H2O3/c9-7-5-3-1-2-4-6(5)8(10)11-7;2*1-3-2-4(6)8-5(3)7;2*5-3-1-2-4(6)7-3/h1-4H;2H,1H3;1-2H2;1-2H2;1-2H. The summed E-state index contributed by atoms with van der Waals surface area (Å²) in [6.07, 6.45) is 3.92. The van der Waals surface area contributed by atoms with Gasteiger partial charge in [-0.05, 0) is 19.1 Å². The SMILES string of the molecule is C=C1CC(=O)OC1=O.CC1=CC(=O)OC1=O.O=C1C=CC(=O)O1.O=C1CCC(=O)O1.O=C1OC(=O)c2ccccc21. The van der Waals surface area contributed by atoms with Crippen LogP contribution in [0.3, 0.4) is 0 Å². The Morgan fingerprint density at radius 2 is 1.07 bits per heavy atom. The van der Waals surface area contributed by atoms with Gasteiger partial charge in [0.1, 0.15) is 0 Å². The summed E-state index contributed by atoms with van der Waals surface area (Å²) < 4.78 is 20.6. The van der Waals surface area contributed by atoms with Gasteiger partial charge in [0.15, 0.2) is 0 Å². The van der Waals surface area contributed by atoms with E-state index in [1.807, 2.05) is 0 Å². The molecule has 0 atom stereocenters. The Balaban J connectivity index is 0.000000182. The first-order valence-electron chi connectivity index (χ1n) is 11.2. The van der Waals surface area contributed by atoms with Gasteiger partial charge in [-0.25, -0.2) is 33.6 Å². The predicted molar refractivity (Wildman–Crippen MR) is 126 cm³/mol. The lowest BCUT2D eigenvalue weighted by molar-refractivity contribution is -0.153. The van der Waals surface area contributed by atoms with Gasteiger partial charge in [0, 0.05) is 29.4 Å². The lowest BCUT2D eigenvalue weighted by Gasteiger charge is -1.86. The second-order valence-corrected chi connectivity index (χ2v) is 7.72. The van der Waals surface area contributed by atoms with Gasteiger partial charge >= 0.3 is 59.7 Å². The van der Waals surface area contributed by atoms with Gasteiger partial charge in [-0.15, -0.1) is 0 Å². The Bertz CT molecular complexity index is 1360. The van der Waals surface area contributed by atoms with Gasteiger partial charge in [0.25, 0.3) is 0 Å². The summed E-state index contributed by atoms with van der Waals surface area (Å²) in [7, 11) is 0. The molecule has 5 aliphatic heterocycles. The fourth-order valence-corrected chi connectivity index (χ4v) is 2.66. The number of ether oxygens (including phenoxy) is 5. The average molecular weight is 570 g/mol. The van der Waals surface area contributed by atoms with E-state index in [0.717, 1.165) is 12.2 Å². The summed E-state index contributed by atoms with van der Waals surface area (Å²) >= 11 is 0. The molecule has 2 fully saturated rings. The van der Waals surface area contributed by atoms with E-state index < -0.39 is 59.7 Å². The Labute approximate surface area is 229 Å². The first-order valence-corrected chi connectivity index (χ1v) is 11.2. The molecule has 0 aliphatic carbocycles. The molecule has 2 saturated heterocycles. The summed E-state index contributed by atoms with van der Waals surface area (Å²) in [4.78, 5) is 102. The molecular formula is C26H18O15. The first kappa shape index (κ1) is 31.4. The van der Waals surface area contributed by atoms with Crippen molar-refractivity contribution in [1.82, 2.24) is 0 Å². The van der Waals surface area contributed by atoms with E-state index in [1.165, 1.54) is 13.0 Å². The zero-order valence-corrected chi connectivity index (χ0v) is 21.0. The molecule has 6 rings (SSSR count). The van der Waals surface area contributed by atoms with Gasteiger partial charge in [-0.2, -0.15) is 0 Å². The van der Waals surface area contributed by atoms with E-state index >= 15 is 0 Å². The maximum atomic E-state index is 10.8. The van der Waals surface area contributed by atoms with Gasteiger partial charge in [0.2, 0.25) is 0 Å². The lowest BCUT2D eigenvalue weighted by Crippen LogP contribution is -1.99. The minimum Gasteiger partial charge on any atom is -0.393 e. The Kier molecular flexibility index (Phi) is 11.0. The van der Waals surface area contributed by atoms with Crippen LogP contribution in [0.4, 0.5) is 0 Å². The van der Waals surface area contributed by atoms with Crippen LogP contribution in [0.2, 0.25) is 0 Å². The van der Waals surface area contributed by atoms with E-state index in [9.17, 15) is 47.9 Å². The second-order valence-electron chi connectivity index (χ2n) is 7.72. The van der Waals surface area contributed by atoms with Gasteiger partial charge in [-0.3, -0.25) is 14.4 Å². The third-order valence-electron chi connectivity index (χ3n) is 4.57. The van der Waals surface area contributed by atoms with Crippen molar-refractivity contribution in [1.29, 1.82) is 0 Å². The molecule has 1 aromatic rings. The van der Waals surface area contributed by atoms with Crippen molar-refractivity contribution in [2.24, 2.45) is 0 Å². The van der Waals surface area contributed by atoms with Crippen molar-refractivity contribution in [2.75, 3.05) is 0 Å². The van der Waals surface area contributed by atoms with Crippen LogP contribution in [-0.2, 0) is 62.0 Å². The van der Waals surface area contributed by atoms with Crippen LogP contribution in [0.25, 0.3) is 0 Å². The molecule has 5 heterocycles. The summed E-state index contributed by atoms with van der Waals surface area (Å²) in [6, 6.07) is 6.53. The predicted octanol–water partition coefficient (Wildman–Crippen LogP) is 0.505. The number of cyclic esters (lactones) is 10. The largest absolute Gasteiger partial charge is 0.393 e. The highest BCUT2D eigenvalue weighted by Crippen LogP contribution is 2.18. The number of benzene rings is 1. The highest BCUT2D eigenvalue weighted by atomic mass is 16.6. The number of fused-ring (bicyclic) bond motifs is 1. The van der Waals surface area contributed by atoms with Gasteiger partial charge < -0.3 is 23.7 Å². The second kappa shape index (κ2) is 14.3. The molecule has 5 aliphatic rings. The summed E-state index contributed by atoms with van der Waals surface area (Å²) in [6.45, 7) is 4.83. The summed E-state index contributed by atoms with van der Waals surface area (Å²) in [5.74, 6) is -5.24.